The molecule has 0 aliphatic carbocycles. The fraction of sp³-hybridized carbons (Fsp3) is 0.167. The molecule has 0 bridgehead atoms. The number of nitrogens with one attached hydrogen (secondary N) is 1. The molecule has 2 aromatic carbocycles. The van der Waals surface area contributed by atoms with Crippen LogP contribution in [0.4, 0.5) is 5.69 Å². The molecule has 0 saturated carbocycles. The smallest absolute Gasteiger partial charge is 0.254 e. The molecular formula is C18H19NO4. The van der Waals surface area contributed by atoms with Gasteiger partial charge in [0.25, 0.3) is 5.91 Å². The predicted molar refractivity (Wildman–Crippen MR) is 89.0 cm³/mol. The summed E-state index contributed by atoms with van der Waals surface area (Å²) in [6.45, 7) is 1.67. The first-order valence-corrected chi connectivity index (χ1v) is 7.06. The van der Waals surface area contributed by atoms with Crippen molar-refractivity contribution in [1.82, 2.24) is 0 Å². The van der Waals surface area contributed by atoms with E-state index in [0.29, 0.717) is 22.8 Å². The van der Waals surface area contributed by atoms with Gasteiger partial charge in [0.1, 0.15) is 0 Å². The molecule has 0 atom stereocenters. The van der Waals surface area contributed by atoms with Crippen LogP contribution in [0.3, 0.4) is 0 Å². The number of carbonyl (C=O) groups is 1. The molecule has 23 heavy (non-hydrogen) atoms. The Hall–Kier alpha value is -2.95. The third-order valence-electron chi connectivity index (χ3n) is 3.13. The molecule has 120 valence electrons. The Morgan fingerprint density at radius 3 is 2.13 bits per heavy atom. The average Bonchev–Trinajstić information content (AvgIpc) is 2.59. The predicted octanol–water partition coefficient (Wildman–Crippen LogP) is 3.63. The SMILES string of the molecule is COc1cccc(OC)c1O/C=C(\C)C(=O)Nc1ccccc1. The number of benzene rings is 2. The van der Waals surface area contributed by atoms with Crippen molar-refractivity contribution in [2.75, 3.05) is 19.5 Å². The second-order valence-electron chi connectivity index (χ2n) is 4.73. The van der Waals surface area contributed by atoms with Gasteiger partial charge in [-0.25, -0.2) is 0 Å². The van der Waals surface area contributed by atoms with E-state index >= 15 is 0 Å². The highest BCUT2D eigenvalue weighted by atomic mass is 16.5. The fourth-order valence-electron chi connectivity index (χ4n) is 1.89. The lowest BCUT2D eigenvalue weighted by molar-refractivity contribution is -0.112. The third kappa shape index (κ3) is 4.26. The van der Waals surface area contributed by atoms with Gasteiger partial charge in [0.2, 0.25) is 5.75 Å². The van der Waals surface area contributed by atoms with Gasteiger partial charge >= 0.3 is 0 Å². The quantitative estimate of drug-likeness (QED) is 0.653. The number of anilines is 1. The van der Waals surface area contributed by atoms with Gasteiger partial charge in [0, 0.05) is 11.3 Å². The minimum Gasteiger partial charge on any atom is -0.493 e. The monoisotopic (exact) mass is 313 g/mol. The summed E-state index contributed by atoms with van der Waals surface area (Å²) in [4.78, 5) is 12.1. The minimum absolute atomic E-state index is 0.245. The normalized spacial score (nSPS) is 10.8. The van der Waals surface area contributed by atoms with E-state index in [-0.39, 0.29) is 5.91 Å². The topological polar surface area (TPSA) is 56.8 Å². The van der Waals surface area contributed by atoms with E-state index in [4.69, 9.17) is 14.2 Å². The highest BCUT2D eigenvalue weighted by molar-refractivity contribution is 6.03. The van der Waals surface area contributed by atoms with Crippen LogP contribution in [0.25, 0.3) is 0 Å². The maximum atomic E-state index is 12.1. The van der Waals surface area contributed by atoms with Crippen LogP contribution in [0, 0.1) is 0 Å². The van der Waals surface area contributed by atoms with Crippen LogP contribution in [0.1, 0.15) is 6.92 Å². The maximum absolute atomic E-state index is 12.1. The van der Waals surface area contributed by atoms with Crippen LogP contribution < -0.4 is 19.5 Å². The molecule has 1 amide bonds. The molecule has 2 rings (SSSR count). The number of hydrogen-bond acceptors (Lipinski definition) is 4. The average molecular weight is 313 g/mol. The first-order chi connectivity index (χ1) is 11.2. The summed E-state index contributed by atoms with van der Waals surface area (Å²) in [5.41, 5.74) is 1.14. The lowest BCUT2D eigenvalue weighted by atomic mass is 10.2. The molecular weight excluding hydrogens is 294 g/mol. The Bertz CT molecular complexity index is 673. The lowest BCUT2D eigenvalue weighted by Gasteiger charge is -2.12. The Morgan fingerprint density at radius 2 is 1.57 bits per heavy atom. The lowest BCUT2D eigenvalue weighted by Crippen LogP contribution is -2.13. The van der Waals surface area contributed by atoms with Crippen molar-refractivity contribution < 1.29 is 19.0 Å². The maximum Gasteiger partial charge on any atom is 0.254 e. The van der Waals surface area contributed by atoms with Crippen LogP contribution in [0.2, 0.25) is 0 Å². The van der Waals surface area contributed by atoms with E-state index in [9.17, 15) is 4.79 Å². The van der Waals surface area contributed by atoms with Crippen molar-refractivity contribution >= 4 is 11.6 Å². The first kappa shape index (κ1) is 16.4. The van der Waals surface area contributed by atoms with E-state index in [1.807, 2.05) is 30.3 Å². The van der Waals surface area contributed by atoms with Crippen molar-refractivity contribution in [2.45, 2.75) is 6.92 Å². The number of amides is 1. The molecule has 0 fully saturated rings. The molecule has 0 aliphatic rings. The van der Waals surface area contributed by atoms with Gasteiger partial charge in [-0.2, -0.15) is 0 Å². The minimum atomic E-state index is -0.245. The Balaban J connectivity index is 2.12. The van der Waals surface area contributed by atoms with Crippen molar-refractivity contribution in [3.63, 3.8) is 0 Å². The molecule has 5 heteroatoms. The first-order valence-electron chi connectivity index (χ1n) is 7.06. The van der Waals surface area contributed by atoms with Crippen molar-refractivity contribution in [2.24, 2.45) is 0 Å². The van der Waals surface area contributed by atoms with Gasteiger partial charge in [0.05, 0.1) is 20.5 Å². The molecule has 2 aromatic rings. The number of rotatable bonds is 6. The van der Waals surface area contributed by atoms with Gasteiger partial charge in [-0.1, -0.05) is 24.3 Å². The summed E-state index contributed by atoms with van der Waals surface area (Å²) < 4.78 is 16.1. The summed E-state index contributed by atoms with van der Waals surface area (Å²) >= 11 is 0. The second kappa shape index (κ2) is 7.89. The van der Waals surface area contributed by atoms with E-state index in [0.717, 1.165) is 5.69 Å². The number of para-hydroxylation sites is 2. The van der Waals surface area contributed by atoms with Gasteiger partial charge < -0.3 is 19.5 Å². The number of carbonyl (C=O) groups excluding carboxylic acids is 1. The summed E-state index contributed by atoms with van der Waals surface area (Å²) in [6, 6.07) is 14.5. The molecule has 0 unspecified atom stereocenters. The number of methoxy groups -OCH3 is 2. The molecule has 0 spiro atoms. The molecule has 0 radical (unpaired) electrons. The van der Waals surface area contributed by atoms with E-state index in [2.05, 4.69) is 5.32 Å². The van der Waals surface area contributed by atoms with Crippen LogP contribution in [-0.4, -0.2) is 20.1 Å². The van der Waals surface area contributed by atoms with Crippen LogP contribution in [0.5, 0.6) is 17.2 Å². The summed E-state index contributed by atoms with van der Waals surface area (Å²) in [6.07, 6.45) is 1.37. The van der Waals surface area contributed by atoms with Gasteiger partial charge in [-0.15, -0.1) is 0 Å². The molecule has 0 aromatic heterocycles. The van der Waals surface area contributed by atoms with E-state index < -0.39 is 0 Å². The van der Waals surface area contributed by atoms with E-state index in [1.54, 1.807) is 39.3 Å². The Labute approximate surface area is 135 Å². The fourth-order valence-corrected chi connectivity index (χ4v) is 1.89. The number of hydrogen-bond donors (Lipinski definition) is 1. The van der Waals surface area contributed by atoms with Gasteiger partial charge in [-0.05, 0) is 31.2 Å². The molecule has 0 heterocycles. The van der Waals surface area contributed by atoms with Gasteiger partial charge in [0.15, 0.2) is 11.5 Å². The van der Waals surface area contributed by atoms with Crippen LogP contribution in [-0.2, 0) is 4.79 Å². The van der Waals surface area contributed by atoms with Crippen LogP contribution in [0.15, 0.2) is 60.4 Å². The van der Waals surface area contributed by atoms with Gasteiger partial charge in [-0.3, -0.25) is 4.79 Å². The second-order valence-corrected chi connectivity index (χ2v) is 4.73. The van der Waals surface area contributed by atoms with Crippen molar-refractivity contribution in [1.29, 1.82) is 0 Å². The highest BCUT2D eigenvalue weighted by Gasteiger charge is 2.12. The van der Waals surface area contributed by atoms with E-state index in [1.165, 1.54) is 6.26 Å². The number of ether oxygens (including phenoxy) is 3. The molecule has 5 nitrogen and oxygen atoms in total. The van der Waals surface area contributed by atoms with Crippen LogP contribution >= 0.6 is 0 Å². The Morgan fingerprint density at radius 1 is 0.957 bits per heavy atom. The van der Waals surface area contributed by atoms with Crippen molar-refractivity contribution in [3.8, 4) is 17.2 Å². The largest absolute Gasteiger partial charge is 0.493 e. The molecule has 0 aliphatic heterocycles. The zero-order valence-electron chi connectivity index (χ0n) is 13.3. The standard InChI is InChI=1S/C18H19NO4/c1-13(18(20)19-14-8-5-4-6-9-14)12-23-17-15(21-2)10-7-11-16(17)22-3/h4-12H,1-3H3,(H,19,20)/b13-12+. The summed E-state index contributed by atoms with van der Waals surface area (Å²) in [5, 5.41) is 2.79. The highest BCUT2D eigenvalue weighted by Crippen LogP contribution is 2.37. The molecule has 1 N–H and O–H groups in total. The zero-order chi connectivity index (χ0) is 16.7. The Kier molecular flexibility index (Phi) is 5.63. The van der Waals surface area contributed by atoms with Crippen molar-refractivity contribution in [3.05, 3.63) is 60.4 Å². The molecule has 0 saturated heterocycles. The summed E-state index contributed by atoms with van der Waals surface area (Å²) in [7, 11) is 3.08. The zero-order valence-corrected chi connectivity index (χ0v) is 13.3. The summed E-state index contributed by atoms with van der Waals surface area (Å²) in [5.74, 6) is 1.23. The third-order valence-corrected chi connectivity index (χ3v) is 3.13.